The van der Waals surface area contributed by atoms with E-state index in [1.807, 2.05) is 33.7 Å². The fraction of sp³-hybridized carbons (Fsp3) is 0.400. The van der Waals surface area contributed by atoms with Crippen LogP contribution in [0.3, 0.4) is 0 Å². The van der Waals surface area contributed by atoms with Crippen LogP contribution in [0.2, 0.25) is 10.0 Å². The number of carbonyl (C=O) groups is 1. The molecule has 218 valence electrons. The molecule has 8 nitrogen and oxygen atoms in total. The normalized spacial score (nSPS) is 12.3. The maximum Gasteiger partial charge on any atom is 0.226 e. The quantitative estimate of drug-likeness (QED) is 0.190. The molecular weight excluding hydrogens is 579 g/mol. The number of nitrogens with zero attached hydrogens (tertiary/aromatic N) is 4. The smallest absolute Gasteiger partial charge is 0.226 e. The van der Waals surface area contributed by atoms with E-state index < -0.39 is 0 Å². The molecule has 0 aliphatic rings. The van der Waals surface area contributed by atoms with Gasteiger partial charge in [0.2, 0.25) is 5.91 Å². The third kappa shape index (κ3) is 9.72. The number of methoxy groups -OCH3 is 1. The summed E-state index contributed by atoms with van der Waals surface area (Å²) in [6, 6.07) is 14.9. The molecule has 1 aromatic heterocycles. The monoisotopic (exact) mass is 614 g/mol. The standard InChI is InChI=1S/C30H36Cl2N6O2S/c1-4-21(2)27(19-37(30(41)35-12-13-40-3)18-24-6-5-7-26(31)29(24)32)36-28(39)14-25-16-34-20-38(25)17-23-10-8-22(15-33)9-11-23/h5-11,16,20-21,27H,4,12-14,17-19H2,1-3H3,(H,35,41)(H,36,39)/t21-,27+/m0/s1. The van der Waals surface area contributed by atoms with Crippen molar-refractivity contribution in [3.8, 4) is 6.07 Å². The van der Waals surface area contributed by atoms with Crippen molar-refractivity contribution in [2.24, 2.45) is 5.92 Å². The predicted octanol–water partition coefficient (Wildman–Crippen LogP) is 5.21. The van der Waals surface area contributed by atoms with E-state index in [2.05, 4.69) is 35.5 Å². The molecule has 2 aromatic carbocycles. The average molecular weight is 616 g/mol. The summed E-state index contributed by atoms with van der Waals surface area (Å²) < 4.78 is 7.11. The van der Waals surface area contributed by atoms with Gasteiger partial charge >= 0.3 is 0 Å². The minimum atomic E-state index is -0.178. The first-order chi connectivity index (χ1) is 19.7. The molecule has 1 amide bonds. The van der Waals surface area contributed by atoms with E-state index >= 15 is 0 Å². The number of nitrogens with one attached hydrogen (secondary N) is 2. The topological polar surface area (TPSA) is 95.2 Å². The van der Waals surface area contributed by atoms with Crippen LogP contribution in [0.25, 0.3) is 0 Å². The SMILES string of the molecule is CC[C@H](C)[C@@H](CN(Cc1cccc(Cl)c1Cl)C(=S)NCCOC)NC(=O)Cc1cncn1Cc1ccc(C#N)cc1. The van der Waals surface area contributed by atoms with Crippen LogP contribution in [0.5, 0.6) is 0 Å². The predicted molar refractivity (Wildman–Crippen MR) is 167 cm³/mol. The van der Waals surface area contributed by atoms with Crippen molar-refractivity contribution >= 4 is 46.4 Å². The minimum absolute atomic E-state index is 0.101. The molecule has 3 rings (SSSR count). The van der Waals surface area contributed by atoms with Crippen molar-refractivity contribution in [3.63, 3.8) is 0 Å². The van der Waals surface area contributed by atoms with Gasteiger partial charge in [-0.25, -0.2) is 4.98 Å². The molecule has 0 fully saturated rings. The highest BCUT2D eigenvalue weighted by Crippen LogP contribution is 2.27. The van der Waals surface area contributed by atoms with Crippen molar-refractivity contribution in [3.05, 3.63) is 87.4 Å². The van der Waals surface area contributed by atoms with Crippen LogP contribution in [-0.4, -0.2) is 58.3 Å². The number of carbonyl (C=O) groups excluding carboxylic acids is 1. The third-order valence-electron chi connectivity index (χ3n) is 6.93. The van der Waals surface area contributed by atoms with Crippen LogP contribution in [0.15, 0.2) is 55.0 Å². The molecule has 3 aromatic rings. The Balaban J connectivity index is 1.74. The van der Waals surface area contributed by atoms with Crippen molar-refractivity contribution < 1.29 is 9.53 Å². The van der Waals surface area contributed by atoms with Gasteiger partial charge in [-0.15, -0.1) is 0 Å². The lowest BCUT2D eigenvalue weighted by atomic mass is 9.98. The Bertz CT molecular complexity index is 1340. The summed E-state index contributed by atoms with van der Waals surface area (Å²) in [5.74, 6) is 0.0810. The lowest BCUT2D eigenvalue weighted by Crippen LogP contribution is -2.51. The lowest BCUT2D eigenvalue weighted by Gasteiger charge is -2.33. The van der Waals surface area contributed by atoms with Gasteiger partial charge in [-0.3, -0.25) is 4.79 Å². The van der Waals surface area contributed by atoms with Crippen LogP contribution in [0.1, 0.15) is 42.7 Å². The number of hydrogen-bond acceptors (Lipinski definition) is 5. The first-order valence-corrected chi connectivity index (χ1v) is 14.6. The number of benzene rings is 2. The highest BCUT2D eigenvalue weighted by Gasteiger charge is 2.24. The number of nitriles is 1. The number of halogens is 2. The second-order valence-electron chi connectivity index (χ2n) is 9.88. The van der Waals surface area contributed by atoms with Gasteiger partial charge in [0.05, 0.1) is 41.0 Å². The number of ether oxygens (including phenoxy) is 1. The van der Waals surface area contributed by atoms with Gasteiger partial charge in [-0.05, 0) is 47.5 Å². The van der Waals surface area contributed by atoms with Crippen molar-refractivity contribution in [2.45, 2.75) is 45.8 Å². The average Bonchev–Trinajstić information content (AvgIpc) is 3.40. The van der Waals surface area contributed by atoms with E-state index in [1.165, 1.54) is 0 Å². The summed E-state index contributed by atoms with van der Waals surface area (Å²) in [7, 11) is 1.64. The molecular formula is C30H36Cl2N6O2S. The number of rotatable bonds is 14. The Kier molecular flexibility index (Phi) is 12.9. The number of imidazole rings is 1. The number of hydrogen-bond donors (Lipinski definition) is 2. The Labute approximate surface area is 257 Å². The zero-order valence-electron chi connectivity index (χ0n) is 23.6. The maximum absolute atomic E-state index is 13.3. The Morgan fingerprint density at radius 3 is 2.68 bits per heavy atom. The molecule has 0 unspecified atom stereocenters. The van der Waals surface area contributed by atoms with E-state index in [0.717, 1.165) is 23.2 Å². The zero-order valence-corrected chi connectivity index (χ0v) is 25.9. The number of thiocarbonyl (C=S) groups is 1. The van der Waals surface area contributed by atoms with Crippen LogP contribution >= 0.6 is 35.4 Å². The van der Waals surface area contributed by atoms with E-state index in [9.17, 15) is 4.79 Å². The van der Waals surface area contributed by atoms with Crippen molar-refractivity contribution in [1.82, 2.24) is 25.1 Å². The van der Waals surface area contributed by atoms with Crippen LogP contribution in [0, 0.1) is 17.2 Å². The van der Waals surface area contributed by atoms with Crippen molar-refractivity contribution in [1.29, 1.82) is 5.26 Å². The molecule has 1 heterocycles. The molecule has 2 atom stereocenters. The fourth-order valence-electron chi connectivity index (χ4n) is 4.30. The van der Waals surface area contributed by atoms with Gasteiger partial charge in [0, 0.05) is 51.2 Å². The summed E-state index contributed by atoms with van der Waals surface area (Å²) in [6.45, 7) is 6.74. The van der Waals surface area contributed by atoms with Gasteiger partial charge in [-0.1, -0.05) is 67.7 Å². The Hall–Kier alpha value is -3.16. The first kappa shape index (κ1) is 32.4. The second kappa shape index (κ2) is 16.3. The number of aromatic nitrogens is 2. The van der Waals surface area contributed by atoms with Gasteiger partial charge in [0.15, 0.2) is 5.11 Å². The third-order valence-corrected chi connectivity index (χ3v) is 8.19. The molecule has 0 saturated carbocycles. The van der Waals surface area contributed by atoms with Crippen LogP contribution in [0.4, 0.5) is 0 Å². The fourth-order valence-corrected chi connectivity index (χ4v) is 4.92. The summed E-state index contributed by atoms with van der Waals surface area (Å²) in [4.78, 5) is 19.6. The second-order valence-corrected chi connectivity index (χ2v) is 11.0. The van der Waals surface area contributed by atoms with Crippen molar-refractivity contribution in [2.75, 3.05) is 26.8 Å². The number of amides is 1. The molecule has 0 radical (unpaired) electrons. The highest BCUT2D eigenvalue weighted by molar-refractivity contribution is 7.80. The highest BCUT2D eigenvalue weighted by atomic mass is 35.5. The zero-order chi connectivity index (χ0) is 29.8. The first-order valence-electron chi connectivity index (χ1n) is 13.5. The molecule has 0 saturated heterocycles. The summed E-state index contributed by atoms with van der Waals surface area (Å²) in [5.41, 5.74) is 3.27. The lowest BCUT2D eigenvalue weighted by molar-refractivity contribution is -0.121. The minimum Gasteiger partial charge on any atom is -0.383 e. The van der Waals surface area contributed by atoms with Gasteiger partial charge < -0.3 is 24.8 Å². The van der Waals surface area contributed by atoms with Gasteiger partial charge in [-0.2, -0.15) is 5.26 Å². The maximum atomic E-state index is 13.3. The van der Waals surface area contributed by atoms with Gasteiger partial charge in [0.25, 0.3) is 0 Å². The molecule has 11 heteroatoms. The molecule has 41 heavy (non-hydrogen) atoms. The Morgan fingerprint density at radius 1 is 1.24 bits per heavy atom. The van der Waals surface area contributed by atoms with Crippen LogP contribution < -0.4 is 10.6 Å². The molecule has 0 aliphatic carbocycles. The van der Waals surface area contributed by atoms with E-state index in [1.54, 1.807) is 37.8 Å². The van der Waals surface area contributed by atoms with E-state index in [4.69, 9.17) is 45.4 Å². The summed E-state index contributed by atoms with van der Waals surface area (Å²) in [5, 5.41) is 17.0. The van der Waals surface area contributed by atoms with Gasteiger partial charge in [0.1, 0.15) is 0 Å². The largest absolute Gasteiger partial charge is 0.383 e. The van der Waals surface area contributed by atoms with E-state index in [0.29, 0.717) is 53.5 Å². The summed E-state index contributed by atoms with van der Waals surface area (Å²) >= 11 is 18.5. The summed E-state index contributed by atoms with van der Waals surface area (Å²) in [6.07, 6.45) is 4.48. The van der Waals surface area contributed by atoms with Crippen LogP contribution in [-0.2, 0) is 29.0 Å². The molecule has 0 bridgehead atoms. The molecule has 0 aliphatic heterocycles. The van der Waals surface area contributed by atoms with E-state index in [-0.39, 0.29) is 24.3 Å². The Morgan fingerprint density at radius 2 is 2.00 bits per heavy atom. The molecule has 0 spiro atoms. The molecule has 2 N–H and O–H groups in total.